The Labute approximate surface area is 149 Å². The lowest BCUT2D eigenvalue weighted by Crippen LogP contribution is -2.37. The lowest BCUT2D eigenvalue weighted by atomic mass is 10.2. The molecule has 2 rings (SSSR count). The van der Waals surface area contributed by atoms with E-state index in [0.29, 0.717) is 50.3 Å². The third-order valence-corrected chi connectivity index (χ3v) is 5.13. The van der Waals surface area contributed by atoms with E-state index in [1.165, 1.54) is 16.8 Å². The van der Waals surface area contributed by atoms with Crippen LogP contribution in [0.2, 0.25) is 0 Å². The number of carbonyl (C=O) groups excluding carboxylic acids is 1. The fourth-order valence-electron chi connectivity index (χ4n) is 2.54. The van der Waals surface area contributed by atoms with Crippen LogP contribution in [-0.4, -0.2) is 86.5 Å². The van der Waals surface area contributed by atoms with E-state index in [4.69, 9.17) is 0 Å². The van der Waals surface area contributed by atoms with E-state index in [0.717, 1.165) is 0 Å². The van der Waals surface area contributed by atoms with Crippen LogP contribution in [0.3, 0.4) is 0 Å². The van der Waals surface area contributed by atoms with Crippen molar-refractivity contribution >= 4 is 15.9 Å². The number of nitrogens with zero attached hydrogens (tertiary/aromatic N) is 4. The van der Waals surface area contributed by atoms with Crippen LogP contribution in [0.15, 0.2) is 18.5 Å². The molecule has 0 aromatic carbocycles. The fraction of sp³-hybridized carbons (Fsp3) is 0.529. The zero-order valence-electron chi connectivity index (χ0n) is 14.9. The van der Waals surface area contributed by atoms with Crippen molar-refractivity contribution < 1.29 is 13.2 Å². The Kier molecular flexibility index (Phi) is 6.53. The van der Waals surface area contributed by atoms with Crippen LogP contribution in [0.5, 0.6) is 0 Å². The van der Waals surface area contributed by atoms with Gasteiger partial charge in [0.1, 0.15) is 0 Å². The van der Waals surface area contributed by atoms with Crippen LogP contribution in [0.1, 0.15) is 22.3 Å². The molecule has 1 aliphatic heterocycles. The van der Waals surface area contributed by atoms with Crippen molar-refractivity contribution in [2.45, 2.75) is 6.42 Å². The number of carbonyl (C=O) groups is 1. The highest BCUT2D eigenvalue weighted by Gasteiger charge is 2.24. The summed E-state index contributed by atoms with van der Waals surface area (Å²) >= 11 is 0. The monoisotopic (exact) mass is 364 g/mol. The van der Waals surface area contributed by atoms with Gasteiger partial charge in [-0.15, -0.1) is 0 Å². The molecule has 1 aliphatic rings. The number of sulfonamides is 1. The lowest BCUT2D eigenvalue weighted by Gasteiger charge is -2.21. The summed E-state index contributed by atoms with van der Waals surface area (Å²) in [5, 5.41) is 0. The molecular weight excluding hydrogens is 340 g/mol. The molecule has 0 radical (unpaired) electrons. The number of rotatable bonds is 3. The van der Waals surface area contributed by atoms with Crippen molar-refractivity contribution in [2.24, 2.45) is 0 Å². The molecule has 0 N–H and O–H groups in total. The number of hydrogen-bond donors (Lipinski definition) is 0. The van der Waals surface area contributed by atoms with E-state index in [1.54, 1.807) is 17.2 Å². The van der Waals surface area contributed by atoms with Gasteiger partial charge in [-0.2, -0.15) is 0 Å². The van der Waals surface area contributed by atoms with E-state index >= 15 is 0 Å². The Morgan fingerprint density at radius 1 is 1.24 bits per heavy atom. The van der Waals surface area contributed by atoms with Gasteiger partial charge in [0.25, 0.3) is 5.91 Å². The van der Waals surface area contributed by atoms with Crippen molar-refractivity contribution in [1.82, 2.24) is 19.1 Å². The van der Waals surface area contributed by atoms with Crippen molar-refractivity contribution in [3.63, 3.8) is 0 Å². The smallest absolute Gasteiger partial charge is 0.255 e. The van der Waals surface area contributed by atoms with Crippen molar-refractivity contribution in [1.29, 1.82) is 0 Å². The summed E-state index contributed by atoms with van der Waals surface area (Å²) in [6.45, 7) is 2.30. The normalized spacial score (nSPS) is 16.2. The second-order valence-corrected chi connectivity index (χ2v) is 8.29. The second-order valence-electron chi connectivity index (χ2n) is 6.31. The van der Waals surface area contributed by atoms with Gasteiger partial charge in [0.15, 0.2) is 0 Å². The predicted octanol–water partition coefficient (Wildman–Crippen LogP) is 0.102. The topological polar surface area (TPSA) is 73.8 Å². The Morgan fingerprint density at radius 3 is 2.68 bits per heavy atom. The highest BCUT2D eigenvalue weighted by molar-refractivity contribution is 7.88. The van der Waals surface area contributed by atoms with Crippen LogP contribution >= 0.6 is 0 Å². The Bertz CT molecular complexity index is 781. The minimum Gasteiger partial charge on any atom is -0.337 e. The molecule has 0 spiro atoms. The Morgan fingerprint density at radius 2 is 2.00 bits per heavy atom. The van der Waals surface area contributed by atoms with E-state index in [1.807, 2.05) is 19.0 Å². The lowest BCUT2D eigenvalue weighted by molar-refractivity contribution is 0.0764. The number of aromatic nitrogens is 1. The molecule has 7 nitrogen and oxygen atoms in total. The summed E-state index contributed by atoms with van der Waals surface area (Å²) in [6, 6.07) is 1.73. The average molecular weight is 364 g/mol. The minimum atomic E-state index is -3.23. The zero-order valence-corrected chi connectivity index (χ0v) is 15.7. The maximum absolute atomic E-state index is 12.7. The summed E-state index contributed by atoms with van der Waals surface area (Å²) in [6.07, 6.45) is 4.98. The first-order valence-corrected chi connectivity index (χ1v) is 9.95. The second kappa shape index (κ2) is 8.43. The molecule has 1 fully saturated rings. The molecule has 25 heavy (non-hydrogen) atoms. The molecule has 0 unspecified atom stereocenters. The quantitative estimate of drug-likeness (QED) is 0.712. The molecule has 1 amide bonds. The number of pyridine rings is 1. The molecule has 1 saturated heterocycles. The molecule has 1 aromatic rings. The standard InChI is InChI=1S/C17H24N4O3S/c1-19(2)7-4-6-15-12-16(14-18-13-15)17(22)20-8-5-9-21(11-10-20)25(3,23)24/h12-14H,5,7-11H2,1-3H3. The molecule has 0 atom stereocenters. The maximum Gasteiger partial charge on any atom is 0.255 e. The van der Waals surface area contributed by atoms with Crippen molar-refractivity contribution in [3.8, 4) is 11.8 Å². The molecule has 0 saturated carbocycles. The number of amides is 1. The van der Waals surface area contributed by atoms with E-state index in [2.05, 4.69) is 16.8 Å². The largest absolute Gasteiger partial charge is 0.337 e. The highest BCUT2D eigenvalue weighted by atomic mass is 32.2. The summed E-state index contributed by atoms with van der Waals surface area (Å²) in [4.78, 5) is 20.4. The Hall–Kier alpha value is -1.95. The number of hydrogen-bond acceptors (Lipinski definition) is 5. The summed E-state index contributed by atoms with van der Waals surface area (Å²) in [5.74, 6) is 5.88. The molecular formula is C17H24N4O3S. The van der Waals surface area contributed by atoms with E-state index in [9.17, 15) is 13.2 Å². The summed E-state index contributed by atoms with van der Waals surface area (Å²) in [7, 11) is 0.647. The van der Waals surface area contributed by atoms with Gasteiger partial charge in [0, 0.05) is 44.1 Å². The van der Waals surface area contributed by atoms with Gasteiger partial charge < -0.3 is 4.90 Å². The Balaban J connectivity index is 2.08. The van der Waals surface area contributed by atoms with Crippen molar-refractivity contribution in [3.05, 3.63) is 29.6 Å². The third kappa shape index (κ3) is 5.81. The van der Waals surface area contributed by atoms with Gasteiger partial charge in [0.05, 0.1) is 18.4 Å². The van der Waals surface area contributed by atoms with Crippen LogP contribution in [0.25, 0.3) is 0 Å². The maximum atomic E-state index is 12.7. The van der Waals surface area contributed by atoms with Gasteiger partial charge in [-0.25, -0.2) is 12.7 Å². The van der Waals surface area contributed by atoms with E-state index in [-0.39, 0.29) is 5.91 Å². The van der Waals surface area contributed by atoms with Gasteiger partial charge in [0.2, 0.25) is 10.0 Å². The van der Waals surface area contributed by atoms with E-state index < -0.39 is 10.0 Å². The zero-order chi connectivity index (χ0) is 18.4. The molecule has 136 valence electrons. The van der Waals surface area contributed by atoms with Crippen LogP contribution in [0, 0.1) is 11.8 Å². The van der Waals surface area contributed by atoms with Crippen LogP contribution in [-0.2, 0) is 10.0 Å². The molecule has 2 heterocycles. The summed E-state index contributed by atoms with van der Waals surface area (Å²) in [5.41, 5.74) is 1.17. The summed E-state index contributed by atoms with van der Waals surface area (Å²) < 4.78 is 24.8. The molecule has 0 aliphatic carbocycles. The molecule has 1 aromatic heterocycles. The van der Waals surface area contributed by atoms with Gasteiger partial charge in [-0.3, -0.25) is 14.7 Å². The van der Waals surface area contributed by atoms with Crippen molar-refractivity contribution in [2.75, 3.05) is 53.1 Å². The van der Waals surface area contributed by atoms with Crippen LogP contribution in [0.4, 0.5) is 0 Å². The van der Waals surface area contributed by atoms with Gasteiger partial charge >= 0.3 is 0 Å². The third-order valence-electron chi connectivity index (χ3n) is 3.82. The molecule has 8 heteroatoms. The first-order valence-electron chi connectivity index (χ1n) is 8.10. The first-order chi connectivity index (χ1) is 11.8. The minimum absolute atomic E-state index is 0.140. The highest BCUT2D eigenvalue weighted by Crippen LogP contribution is 2.11. The van der Waals surface area contributed by atoms with Gasteiger partial charge in [-0.1, -0.05) is 11.8 Å². The average Bonchev–Trinajstić information content (AvgIpc) is 2.80. The fourth-order valence-corrected chi connectivity index (χ4v) is 3.41. The first kappa shape index (κ1) is 19.4. The SMILES string of the molecule is CN(C)CC#Cc1cncc(C(=O)N2CCCN(S(C)(=O)=O)CC2)c1. The molecule has 0 bridgehead atoms. The van der Waals surface area contributed by atoms with Crippen LogP contribution < -0.4 is 0 Å². The van der Waals surface area contributed by atoms with Gasteiger partial charge in [-0.05, 0) is 26.6 Å². The predicted molar refractivity (Wildman–Crippen MR) is 96.6 cm³/mol.